The Balaban J connectivity index is -0.00000110. The van der Waals surface area contributed by atoms with E-state index in [9.17, 15) is 4.79 Å². The molecular formula is C31H66BrNO2. The molecule has 0 saturated heterocycles. The van der Waals surface area contributed by atoms with E-state index in [1.807, 2.05) is 13.8 Å². The Morgan fingerprint density at radius 2 is 1.06 bits per heavy atom. The van der Waals surface area contributed by atoms with Gasteiger partial charge in [0, 0.05) is 17.8 Å². The van der Waals surface area contributed by atoms with Crippen molar-refractivity contribution in [1.82, 2.24) is 0 Å². The lowest BCUT2D eigenvalue weighted by Crippen LogP contribution is -2.18. The highest BCUT2D eigenvalue weighted by atomic mass is 79.9. The fourth-order valence-corrected chi connectivity index (χ4v) is 4.21. The first-order valence-corrected chi connectivity index (χ1v) is 16.7. The summed E-state index contributed by atoms with van der Waals surface area (Å²) >= 11 is 3.47. The minimum Gasteiger partial charge on any atom is -0.462 e. The summed E-state index contributed by atoms with van der Waals surface area (Å²) in [5.74, 6) is 0.0417. The highest BCUT2D eigenvalue weighted by molar-refractivity contribution is 9.09. The molecule has 0 spiro atoms. The van der Waals surface area contributed by atoms with E-state index in [4.69, 9.17) is 10.5 Å². The summed E-state index contributed by atoms with van der Waals surface area (Å²) in [5.41, 5.74) is 5.47. The molecule has 0 radical (unpaired) electrons. The van der Waals surface area contributed by atoms with Gasteiger partial charge in [0.25, 0.3) is 0 Å². The van der Waals surface area contributed by atoms with Crippen LogP contribution in [0.4, 0.5) is 0 Å². The molecule has 0 heterocycles. The van der Waals surface area contributed by atoms with Gasteiger partial charge in [-0.3, -0.25) is 4.79 Å². The van der Waals surface area contributed by atoms with Crippen molar-refractivity contribution in [2.75, 3.05) is 5.33 Å². The zero-order valence-electron chi connectivity index (χ0n) is 25.0. The third-order valence-electron chi connectivity index (χ3n) is 6.37. The van der Waals surface area contributed by atoms with Crippen molar-refractivity contribution in [3.05, 3.63) is 0 Å². The number of unbranched alkanes of at least 4 members (excludes halogenated alkanes) is 13. The van der Waals surface area contributed by atoms with Crippen LogP contribution in [0, 0.1) is 0 Å². The molecule has 0 aromatic rings. The second kappa shape index (κ2) is 36.1. The van der Waals surface area contributed by atoms with Crippen LogP contribution in [-0.4, -0.2) is 23.4 Å². The fourth-order valence-electron chi connectivity index (χ4n) is 3.82. The normalized spacial score (nSPS) is 11.3. The zero-order valence-corrected chi connectivity index (χ0v) is 26.6. The minimum absolute atomic E-state index is 0.0417. The van der Waals surface area contributed by atoms with Gasteiger partial charge in [-0.05, 0) is 51.4 Å². The molecule has 0 aromatic heterocycles. The number of rotatable bonds is 23. The van der Waals surface area contributed by atoms with E-state index in [1.54, 1.807) is 0 Å². The monoisotopic (exact) mass is 563 g/mol. The summed E-state index contributed by atoms with van der Waals surface area (Å²) in [6.07, 6.45) is 25.3. The molecule has 1 atom stereocenters. The standard InChI is InChI=1S/C24H47BrO2.C5H13N.C2H6/c1-3-5-7-9-12-16-20-23(19-15-11-8-6-4-2)27-24(26)21-17-13-10-14-18-22-25;1-3-5(6)4-2;1-2/h23H,3-22H2,1-2H3;5H,3-4,6H2,1-2H3;1-2H3. The molecule has 1 unspecified atom stereocenters. The Labute approximate surface area is 230 Å². The quantitative estimate of drug-likeness (QED) is 0.0763. The average Bonchev–Trinajstić information content (AvgIpc) is 2.88. The minimum atomic E-state index is 0.0417. The first kappa shape index (κ1) is 39.4. The van der Waals surface area contributed by atoms with Gasteiger partial charge in [-0.1, -0.05) is 135 Å². The first-order chi connectivity index (χ1) is 17.0. The maximum Gasteiger partial charge on any atom is 0.306 e. The Morgan fingerprint density at radius 3 is 1.46 bits per heavy atom. The zero-order chi connectivity index (χ0) is 27.0. The van der Waals surface area contributed by atoms with Gasteiger partial charge in [-0.15, -0.1) is 0 Å². The van der Waals surface area contributed by atoms with E-state index in [0.717, 1.165) is 43.9 Å². The van der Waals surface area contributed by atoms with E-state index >= 15 is 0 Å². The Bertz CT molecular complexity index is 375. The summed E-state index contributed by atoms with van der Waals surface area (Å²) in [6.45, 7) is 12.7. The van der Waals surface area contributed by atoms with Gasteiger partial charge >= 0.3 is 5.97 Å². The Morgan fingerprint density at radius 1 is 0.657 bits per heavy atom. The highest BCUT2D eigenvalue weighted by Gasteiger charge is 2.14. The van der Waals surface area contributed by atoms with Crippen LogP contribution in [0.5, 0.6) is 0 Å². The molecule has 0 aliphatic carbocycles. The maximum absolute atomic E-state index is 12.2. The summed E-state index contributed by atoms with van der Waals surface area (Å²) in [6, 6.07) is 0.435. The molecule has 0 bridgehead atoms. The second-order valence-corrected chi connectivity index (χ2v) is 10.4. The molecule has 0 fully saturated rings. The van der Waals surface area contributed by atoms with Gasteiger partial charge in [0.15, 0.2) is 0 Å². The molecule has 2 N–H and O–H groups in total. The van der Waals surface area contributed by atoms with Crippen molar-refractivity contribution in [3.63, 3.8) is 0 Å². The molecule has 0 rings (SSSR count). The van der Waals surface area contributed by atoms with E-state index in [2.05, 4.69) is 43.6 Å². The molecule has 0 amide bonds. The molecular weight excluding hydrogens is 498 g/mol. The molecule has 0 aromatic carbocycles. The molecule has 0 aliphatic rings. The molecule has 35 heavy (non-hydrogen) atoms. The number of hydrogen-bond donors (Lipinski definition) is 1. The van der Waals surface area contributed by atoms with Crippen LogP contribution < -0.4 is 5.73 Å². The SMILES string of the molecule is CC.CCC(N)CC.CCCCCCCCC(CCCCCCC)OC(=O)CCCCCCCBr. The van der Waals surface area contributed by atoms with E-state index in [-0.39, 0.29) is 12.1 Å². The largest absolute Gasteiger partial charge is 0.462 e. The van der Waals surface area contributed by atoms with Crippen molar-refractivity contribution in [2.45, 2.75) is 189 Å². The van der Waals surface area contributed by atoms with Gasteiger partial charge < -0.3 is 10.5 Å². The third-order valence-corrected chi connectivity index (χ3v) is 6.93. The van der Waals surface area contributed by atoms with E-state index in [0.29, 0.717) is 12.5 Å². The predicted octanol–water partition coefficient (Wildman–Crippen LogP) is 10.9. The second-order valence-electron chi connectivity index (χ2n) is 9.65. The summed E-state index contributed by atoms with van der Waals surface area (Å²) < 4.78 is 5.87. The van der Waals surface area contributed by atoms with Crippen LogP contribution in [0.25, 0.3) is 0 Å². The van der Waals surface area contributed by atoms with Gasteiger partial charge in [0.2, 0.25) is 0 Å². The van der Waals surface area contributed by atoms with Gasteiger partial charge in [0.1, 0.15) is 6.10 Å². The highest BCUT2D eigenvalue weighted by Crippen LogP contribution is 2.18. The van der Waals surface area contributed by atoms with E-state index in [1.165, 1.54) is 89.9 Å². The average molecular weight is 565 g/mol. The predicted molar refractivity (Wildman–Crippen MR) is 163 cm³/mol. The lowest BCUT2D eigenvalue weighted by molar-refractivity contribution is -0.150. The van der Waals surface area contributed by atoms with Crippen LogP contribution in [-0.2, 0) is 9.53 Å². The number of esters is 1. The smallest absolute Gasteiger partial charge is 0.306 e. The topological polar surface area (TPSA) is 52.3 Å². The van der Waals surface area contributed by atoms with Crippen LogP contribution >= 0.6 is 15.9 Å². The molecule has 214 valence electrons. The van der Waals surface area contributed by atoms with Crippen molar-refractivity contribution >= 4 is 21.9 Å². The van der Waals surface area contributed by atoms with Crippen LogP contribution in [0.2, 0.25) is 0 Å². The summed E-state index contributed by atoms with van der Waals surface area (Å²) in [7, 11) is 0. The van der Waals surface area contributed by atoms with Gasteiger partial charge in [0.05, 0.1) is 0 Å². The Kier molecular flexibility index (Phi) is 40.6. The molecule has 3 nitrogen and oxygen atoms in total. The molecule has 0 aliphatic heterocycles. The van der Waals surface area contributed by atoms with Crippen molar-refractivity contribution in [1.29, 1.82) is 0 Å². The lowest BCUT2D eigenvalue weighted by atomic mass is 10.0. The van der Waals surface area contributed by atoms with E-state index < -0.39 is 0 Å². The Hall–Kier alpha value is -0.0900. The number of carbonyl (C=O) groups excluding carboxylic acids is 1. The van der Waals surface area contributed by atoms with Crippen LogP contribution in [0.3, 0.4) is 0 Å². The summed E-state index contributed by atoms with van der Waals surface area (Å²) in [4.78, 5) is 12.2. The maximum atomic E-state index is 12.2. The van der Waals surface area contributed by atoms with Gasteiger partial charge in [-0.25, -0.2) is 0 Å². The number of nitrogens with two attached hydrogens (primary N) is 1. The third kappa shape index (κ3) is 36.1. The first-order valence-electron chi connectivity index (χ1n) is 15.6. The number of ether oxygens (including phenoxy) is 1. The summed E-state index contributed by atoms with van der Waals surface area (Å²) in [5, 5.41) is 1.09. The number of halogens is 1. The van der Waals surface area contributed by atoms with Crippen molar-refractivity contribution in [2.24, 2.45) is 5.73 Å². The lowest BCUT2D eigenvalue weighted by Gasteiger charge is -2.18. The molecule has 4 heteroatoms. The van der Waals surface area contributed by atoms with Gasteiger partial charge in [-0.2, -0.15) is 0 Å². The van der Waals surface area contributed by atoms with Crippen LogP contribution in [0.15, 0.2) is 0 Å². The van der Waals surface area contributed by atoms with Crippen molar-refractivity contribution in [3.8, 4) is 0 Å². The molecule has 0 saturated carbocycles. The number of hydrogen-bond acceptors (Lipinski definition) is 3. The van der Waals surface area contributed by atoms with Crippen LogP contribution in [0.1, 0.15) is 176 Å². The fraction of sp³-hybridized carbons (Fsp3) is 0.968. The number of carbonyl (C=O) groups is 1. The van der Waals surface area contributed by atoms with Crippen molar-refractivity contribution < 1.29 is 9.53 Å². The number of alkyl halides is 1.